The zero-order valence-corrected chi connectivity index (χ0v) is 13.4. The van der Waals surface area contributed by atoms with E-state index >= 15 is 0 Å². The van der Waals surface area contributed by atoms with Crippen LogP contribution in [0.3, 0.4) is 0 Å². The fourth-order valence-electron chi connectivity index (χ4n) is 1.59. The molecule has 2 unspecified atom stereocenters. The zero-order chi connectivity index (χ0) is 13.4. The SMILES string of the molecule is CCCOCCOC(c1ccc(Br)s1)C(N)CC. The van der Waals surface area contributed by atoms with Crippen LogP contribution in [0.15, 0.2) is 15.9 Å². The largest absolute Gasteiger partial charge is 0.379 e. The Balaban J connectivity index is 2.46. The van der Waals surface area contributed by atoms with E-state index in [0.717, 1.165) is 23.2 Å². The van der Waals surface area contributed by atoms with Gasteiger partial charge in [-0.1, -0.05) is 13.8 Å². The summed E-state index contributed by atoms with van der Waals surface area (Å²) in [5.74, 6) is 0. The summed E-state index contributed by atoms with van der Waals surface area (Å²) < 4.78 is 12.4. The van der Waals surface area contributed by atoms with Crippen LogP contribution in [0.1, 0.15) is 37.7 Å². The van der Waals surface area contributed by atoms with Crippen LogP contribution in [-0.2, 0) is 9.47 Å². The van der Waals surface area contributed by atoms with E-state index in [1.807, 2.05) is 6.07 Å². The molecule has 0 bridgehead atoms. The van der Waals surface area contributed by atoms with Gasteiger partial charge in [-0.25, -0.2) is 0 Å². The van der Waals surface area contributed by atoms with Gasteiger partial charge in [-0.05, 0) is 40.9 Å². The molecule has 0 amide bonds. The molecule has 3 nitrogen and oxygen atoms in total. The van der Waals surface area contributed by atoms with Crippen molar-refractivity contribution in [1.29, 1.82) is 0 Å². The highest BCUT2D eigenvalue weighted by Crippen LogP contribution is 2.31. The average Bonchev–Trinajstić information content (AvgIpc) is 2.79. The van der Waals surface area contributed by atoms with Crippen molar-refractivity contribution in [3.05, 3.63) is 20.8 Å². The van der Waals surface area contributed by atoms with E-state index < -0.39 is 0 Å². The van der Waals surface area contributed by atoms with Crippen LogP contribution in [0.4, 0.5) is 0 Å². The molecule has 0 aromatic carbocycles. The van der Waals surface area contributed by atoms with Gasteiger partial charge in [0.05, 0.1) is 17.0 Å². The minimum atomic E-state index is -0.0310. The molecule has 0 radical (unpaired) electrons. The zero-order valence-electron chi connectivity index (χ0n) is 11.0. The van der Waals surface area contributed by atoms with Crippen molar-refractivity contribution in [3.63, 3.8) is 0 Å². The molecule has 18 heavy (non-hydrogen) atoms. The summed E-state index contributed by atoms with van der Waals surface area (Å²) in [6, 6.07) is 4.13. The number of halogens is 1. The molecule has 0 saturated carbocycles. The molecular weight excluding hydrogens is 314 g/mol. The Morgan fingerprint density at radius 1 is 1.28 bits per heavy atom. The van der Waals surface area contributed by atoms with Crippen LogP contribution in [0.2, 0.25) is 0 Å². The summed E-state index contributed by atoms with van der Waals surface area (Å²) >= 11 is 5.15. The lowest BCUT2D eigenvalue weighted by molar-refractivity contribution is -0.00608. The Labute approximate surface area is 122 Å². The minimum absolute atomic E-state index is 0.0294. The first kappa shape index (κ1) is 16.1. The molecule has 104 valence electrons. The van der Waals surface area contributed by atoms with E-state index in [9.17, 15) is 0 Å². The van der Waals surface area contributed by atoms with Crippen LogP contribution in [-0.4, -0.2) is 25.9 Å². The molecule has 1 aromatic heterocycles. The van der Waals surface area contributed by atoms with Gasteiger partial charge in [0, 0.05) is 17.5 Å². The summed E-state index contributed by atoms with van der Waals surface area (Å²) in [6.07, 6.45) is 1.91. The Morgan fingerprint density at radius 2 is 2.06 bits per heavy atom. The van der Waals surface area contributed by atoms with Crippen molar-refractivity contribution in [3.8, 4) is 0 Å². The van der Waals surface area contributed by atoms with E-state index in [2.05, 4.69) is 35.8 Å². The number of nitrogens with two attached hydrogens (primary N) is 1. The van der Waals surface area contributed by atoms with Gasteiger partial charge in [0.15, 0.2) is 0 Å². The second kappa shape index (κ2) is 9.04. The van der Waals surface area contributed by atoms with Crippen molar-refractivity contribution in [2.45, 2.75) is 38.8 Å². The van der Waals surface area contributed by atoms with Crippen LogP contribution >= 0.6 is 27.3 Å². The van der Waals surface area contributed by atoms with Crippen molar-refractivity contribution >= 4 is 27.3 Å². The van der Waals surface area contributed by atoms with Crippen LogP contribution in [0.5, 0.6) is 0 Å². The number of rotatable bonds is 9. The Hall–Kier alpha value is 0.0600. The third kappa shape index (κ3) is 5.36. The highest BCUT2D eigenvalue weighted by atomic mass is 79.9. The van der Waals surface area contributed by atoms with E-state index in [1.165, 1.54) is 4.88 Å². The molecule has 1 aromatic rings. The second-order valence-electron chi connectivity index (χ2n) is 4.12. The van der Waals surface area contributed by atoms with Gasteiger partial charge < -0.3 is 15.2 Å². The maximum atomic E-state index is 6.12. The Morgan fingerprint density at radius 3 is 2.61 bits per heavy atom. The van der Waals surface area contributed by atoms with E-state index in [4.69, 9.17) is 15.2 Å². The predicted octanol–water partition coefficient (Wildman–Crippen LogP) is 3.73. The fraction of sp³-hybridized carbons (Fsp3) is 0.692. The normalized spacial score (nSPS) is 14.7. The molecule has 0 aliphatic carbocycles. The smallest absolute Gasteiger partial charge is 0.107 e. The fourth-order valence-corrected chi connectivity index (χ4v) is 3.14. The molecular formula is C13H22BrNO2S. The minimum Gasteiger partial charge on any atom is -0.379 e. The first-order valence-corrected chi connectivity index (χ1v) is 8.00. The molecule has 2 N–H and O–H groups in total. The van der Waals surface area contributed by atoms with Crippen molar-refractivity contribution in [2.24, 2.45) is 5.73 Å². The van der Waals surface area contributed by atoms with Crippen molar-refractivity contribution in [1.82, 2.24) is 0 Å². The summed E-state index contributed by atoms with van der Waals surface area (Å²) in [5.41, 5.74) is 6.12. The maximum absolute atomic E-state index is 6.12. The maximum Gasteiger partial charge on any atom is 0.107 e. The third-order valence-corrected chi connectivity index (χ3v) is 4.29. The lowest BCUT2D eigenvalue weighted by atomic mass is 10.1. The average molecular weight is 336 g/mol. The molecule has 1 rings (SSSR count). The monoisotopic (exact) mass is 335 g/mol. The van der Waals surface area contributed by atoms with Gasteiger partial charge in [0.25, 0.3) is 0 Å². The first-order valence-electron chi connectivity index (χ1n) is 6.39. The third-order valence-electron chi connectivity index (χ3n) is 2.61. The molecule has 1 heterocycles. The lowest BCUT2D eigenvalue weighted by Crippen LogP contribution is -2.29. The standard InChI is InChI=1S/C13H22BrNO2S/c1-3-7-16-8-9-17-13(10(15)4-2)11-5-6-12(14)18-11/h5-6,10,13H,3-4,7-9,15H2,1-2H3. The second-order valence-corrected chi connectivity index (χ2v) is 6.61. The highest BCUT2D eigenvalue weighted by Gasteiger charge is 2.20. The van der Waals surface area contributed by atoms with Gasteiger partial charge in [-0.15, -0.1) is 11.3 Å². The highest BCUT2D eigenvalue weighted by molar-refractivity contribution is 9.11. The van der Waals surface area contributed by atoms with Crippen LogP contribution in [0, 0.1) is 0 Å². The molecule has 0 fully saturated rings. The molecule has 2 atom stereocenters. The van der Waals surface area contributed by atoms with Crippen LogP contribution < -0.4 is 5.73 Å². The van der Waals surface area contributed by atoms with E-state index in [0.29, 0.717) is 13.2 Å². The summed E-state index contributed by atoms with van der Waals surface area (Å²) in [5, 5.41) is 0. The molecule has 0 saturated heterocycles. The van der Waals surface area contributed by atoms with Crippen LogP contribution in [0.25, 0.3) is 0 Å². The quantitative estimate of drug-likeness (QED) is 0.699. The molecule has 0 aliphatic rings. The van der Waals surface area contributed by atoms with Gasteiger partial charge in [-0.3, -0.25) is 0 Å². The van der Waals surface area contributed by atoms with Gasteiger partial charge in [-0.2, -0.15) is 0 Å². The number of hydrogen-bond donors (Lipinski definition) is 1. The van der Waals surface area contributed by atoms with E-state index in [1.54, 1.807) is 11.3 Å². The summed E-state index contributed by atoms with van der Waals surface area (Å²) in [7, 11) is 0. The molecule has 0 aliphatic heterocycles. The Kier molecular flexibility index (Phi) is 8.10. The van der Waals surface area contributed by atoms with E-state index in [-0.39, 0.29) is 12.1 Å². The summed E-state index contributed by atoms with van der Waals surface area (Å²) in [4.78, 5) is 1.17. The van der Waals surface area contributed by atoms with Crippen molar-refractivity contribution < 1.29 is 9.47 Å². The van der Waals surface area contributed by atoms with Gasteiger partial charge >= 0.3 is 0 Å². The van der Waals surface area contributed by atoms with Gasteiger partial charge in [0.1, 0.15) is 6.10 Å². The topological polar surface area (TPSA) is 44.5 Å². The van der Waals surface area contributed by atoms with Gasteiger partial charge in [0.2, 0.25) is 0 Å². The lowest BCUT2D eigenvalue weighted by Gasteiger charge is -2.22. The number of thiophene rings is 1. The summed E-state index contributed by atoms with van der Waals surface area (Å²) in [6.45, 7) is 6.19. The number of hydrogen-bond acceptors (Lipinski definition) is 4. The molecule has 0 spiro atoms. The first-order chi connectivity index (χ1) is 8.69. The predicted molar refractivity (Wildman–Crippen MR) is 80.1 cm³/mol. The number of ether oxygens (including phenoxy) is 2. The molecule has 5 heteroatoms. The Bertz CT molecular complexity index is 333. The van der Waals surface area contributed by atoms with Crippen molar-refractivity contribution in [2.75, 3.05) is 19.8 Å².